The number of nitrogens with one attached hydrogen (secondary N) is 1. The van der Waals surface area contributed by atoms with Crippen molar-refractivity contribution in [2.45, 2.75) is 32.2 Å². The van der Waals surface area contributed by atoms with Gasteiger partial charge in [-0.25, -0.2) is 19.9 Å². The number of H-pyrrole nitrogens is 1. The number of hydrogen-bond donors (Lipinski definition) is 1. The van der Waals surface area contributed by atoms with Crippen LogP contribution in [0.5, 0.6) is 0 Å². The molecule has 0 spiro atoms. The molecule has 3 aromatic rings. The number of hydrogen-bond acceptors (Lipinski definition) is 6. The van der Waals surface area contributed by atoms with Crippen LogP contribution >= 0.6 is 0 Å². The molecule has 1 N–H and O–H groups in total. The highest BCUT2D eigenvalue weighted by Crippen LogP contribution is 2.26. The number of nitrogens with zero attached hydrogens (tertiary/aromatic N) is 6. The van der Waals surface area contributed by atoms with E-state index in [4.69, 9.17) is 0 Å². The lowest BCUT2D eigenvalue weighted by Gasteiger charge is -2.32. The number of carbonyl (C=O) groups excluding carboxylic acids is 1. The molecule has 0 aliphatic carbocycles. The molecule has 144 valence electrons. The second kappa shape index (κ2) is 7.71. The van der Waals surface area contributed by atoms with E-state index in [9.17, 15) is 9.59 Å². The molecule has 1 aliphatic rings. The van der Waals surface area contributed by atoms with E-state index in [1.807, 2.05) is 25.1 Å². The summed E-state index contributed by atoms with van der Waals surface area (Å²) >= 11 is 0. The number of amides is 1. The summed E-state index contributed by atoms with van der Waals surface area (Å²) in [6, 6.07) is 5.51. The van der Waals surface area contributed by atoms with Gasteiger partial charge >= 0.3 is 5.69 Å². The minimum Gasteiger partial charge on any atom is -0.338 e. The summed E-state index contributed by atoms with van der Waals surface area (Å²) in [7, 11) is 0. The Morgan fingerprint density at radius 1 is 1.25 bits per heavy atom. The molecular weight excluding hydrogens is 358 g/mol. The van der Waals surface area contributed by atoms with E-state index in [1.165, 1.54) is 0 Å². The summed E-state index contributed by atoms with van der Waals surface area (Å²) in [5.41, 5.74) is 0.894. The van der Waals surface area contributed by atoms with Gasteiger partial charge < -0.3 is 4.90 Å². The topological polar surface area (TPSA) is 110 Å². The van der Waals surface area contributed by atoms with Crippen molar-refractivity contribution in [3.05, 3.63) is 58.7 Å². The zero-order chi connectivity index (χ0) is 19.5. The first kappa shape index (κ1) is 18.0. The van der Waals surface area contributed by atoms with Crippen LogP contribution in [0.25, 0.3) is 11.5 Å². The minimum absolute atomic E-state index is 0.0327. The van der Waals surface area contributed by atoms with Crippen molar-refractivity contribution < 1.29 is 4.79 Å². The molecule has 9 nitrogen and oxygen atoms in total. The predicted octanol–water partition coefficient (Wildman–Crippen LogP) is 1.46. The Labute approximate surface area is 161 Å². The molecule has 1 saturated heterocycles. The maximum atomic E-state index is 12.9. The van der Waals surface area contributed by atoms with E-state index in [0.717, 1.165) is 12.8 Å². The standard InChI is InChI=1S/C19H21N7O2/c1-2-26-17(23-24-19(26)28)13-6-5-9-25(12-13)18(27)14-10-21-16(22-11-14)15-7-3-4-8-20-15/h3-4,7-8,10-11,13H,2,5-6,9,12H2,1H3,(H,24,28)/t13-/m1/s1. The first-order chi connectivity index (χ1) is 13.7. The van der Waals surface area contributed by atoms with Crippen LogP contribution in [0.4, 0.5) is 0 Å². The molecule has 4 heterocycles. The van der Waals surface area contributed by atoms with Gasteiger partial charge in [0.25, 0.3) is 5.91 Å². The van der Waals surface area contributed by atoms with Crippen LogP contribution in [-0.2, 0) is 6.54 Å². The molecule has 3 aromatic heterocycles. The van der Waals surface area contributed by atoms with Crippen LogP contribution in [0, 0.1) is 0 Å². The van der Waals surface area contributed by atoms with Crippen molar-refractivity contribution in [1.82, 2.24) is 34.6 Å². The average molecular weight is 379 g/mol. The summed E-state index contributed by atoms with van der Waals surface area (Å²) in [5, 5.41) is 6.69. The third-order valence-corrected chi connectivity index (χ3v) is 4.97. The molecule has 28 heavy (non-hydrogen) atoms. The lowest BCUT2D eigenvalue weighted by atomic mass is 9.96. The van der Waals surface area contributed by atoms with Crippen LogP contribution in [0.2, 0.25) is 0 Å². The molecular formula is C19H21N7O2. The second-order valence-electron chi connectivity index (χ2n) is 6.73. The van der Waals surface area contributed by atoms with Crippen molar-refractivity contribution in [3.63, 3.8) is 0 Å². The third-order valence-electron chi connectivity index (χ3n) is 4.97. The maximum Gasteiger partial charge on any atom is 0.343 e. The van der Waals surface area contributed by atoms with Crippen LogP contribution in [0.15, 0.2) is 41.6 Å². The van der Waals surface area contributed by atoms with E-state index < -0.39 is 0 Å². The van der Waals surface area contributed by atoms with Gasteiger partial charge in [-0.1, -0.05) is 6.07 Å². The Kier molecular flexibility index (Phi) is 4.96. The second-order valence-corrected chi connectivity index (χ2v) is 6.73. The highest BCUT2D eigenvalue weighted by atomic mass is 16.2. The van der Waals surface area contributed by atoms with Gasteiger partial charge in [0, 0.05) is 44.1 Å². The first-order valence-electron chi connectivity index (χ1n) is 9.35. The van der Waals surface area contributed by atoms with Crippen LogP contribution < -0.4 is 5.69 Å². The molecule has 0 saturated carbocycles. The van der Waals surface area contributed by atoms with Crippen LogP contribution in [0.1, 0.15) is 41.9 Å². The predicted molar refractivity (Wildman–Crippen MR) is 102 cm³/mol. The molecule has 1 aliphatic heterocycles. The van der Waals surface area contributed by atoms with Crippen molar-refractivity contribution in [2.75, 3.05) is 13.1 Å². The molecule has 9 heteroatoms. The summed E-state index contributed by atoms with van der Waals surface area (Å²) in [5.74, 6) is 1.12. The maximum absolute atomic E-state index is 12.9. The van der Waals surface area contributed by atoms with E-state index in [0.29, 0.717) is 42.5 Å². The number of aromatic nitrogens is 6. The van der Waals surface area contributed by atoms with E-state index in [1.54, 1.807) is 28.1 Å². The number of likely N-dealkylation sites (tertiary alicyclic amines) is 1. The van der Waals surface area contributed by atoms with Gasteiger partial charge in [0.1, 0.15) is 11.5 Å². The third kappa shape index (κ3) is 3.42. The van der Waals surface area contributed by atoms with Gasteiger partial charge in [-0.15, -0.1) is 0 Å². The molecule has 1 atom stereocenters. The first-order valence-corrected chi connectivity index (χ1v) is 9.35. The number of carbonyl (C=O) groups is 1. The summed E-state index contributed by atoms with van der Waals surface area (Å²) in [6.45, 7) is 3.65. The van der Waals surface area contributed by atoms with E-state index in [2.05, 4.69) is 25.1 Å². The number of piperidine rings is 1. The lowest BCUT2D eigenvalue weighted by molar-refractivity contribution is 0.0702. The minimum atomic E-state index is -0.209. The number of pyridine rings is 1. The molecule has 0 aromatic carbocycles. The Hall–Kier alpha value is -3.36. The summed E-state index contributed by atoms with van der Waals surface area (Å²) in [4.78, 5) is 39.3. The quantitative estimate of drug-likeness (QED) is 0.735. The Balaban J connectivity index is 1.50. The fraction of sp³-hybridized carbons (Fsp3) is 0.368. The van der Waals surface area contributed by atoms with Crippen molar-refractivity contribution in [1.29, 1.82) is 0 Å². The zero-order valence-corrected chi connectivity index (χ0v) is 15.6. The molecule has 4 rings (SSSR count). The summed E-state index contributed by atoms with van der Waals surface area (Å²) < 4.78 is 1.63. The molecule has 0 unspecified atom stereocenters. The molecule has 0 bridgehead atoms. The SMILES string of the molecule is CCn1c([C@@H]2CCCN(C(=O)c3cnc(-c4ccccn4)nc3)C2)n[nH]c1=O. The fourth-order valence-corrected chi connectivity index (χ4v) is 3.57. The van der Waals surface area contributed by atoms with Gasteiger partial charge in [0.05, 0.1) is 5.56 Å². The highest BCUT2D eigenvalue weighted by molar-refractivity contribution is 5.93. The smallest absolute Gasteiger partial charge is 0.338 e. The van der Waals surface area contributed by atoms with Gasteiger partial charge in [-0.05, 0) is 31.9 Å². The monoisotopic (exact) mass is 379 g/mol. The van der Waals surface area contributed by atoms with Crippen molar-refractivity contribution in [3.8, 4) is 11.5 Å². The average Bonchev–Trinajstić information content (AvgIpc) is 3.14. The lowest BCUT2D eigenvalue weighted by Crippen LogP contribution is -2.40. The van der Waals surface area contributed by atoms with Gasteiger partial charge in [-0.2, -0.15) is 5.10 Å². The number of aromatic amines is 1. The van der Waals surface area contributed by atoms with Crippen molar-refractivity contribution in [2.24, 2.45) is 0 Å². The Morgan fingerprint density at radius 2 is 2.07 bits per heavy atom. The molecule has 1 amide bonds. The van der Waals surface area contributed by atoms with Crippen LogP contribution in [0.3, 0.4) is 0 Å². The normalized spacial score (nSPS) is 16.9. The van der Waals surface area contributed by atoms with Gasteiger partial charge in [-0.3, -0.25) is 14.3 Å². The Bertz CT molecular complexity index is 1010. The summed E-state index contributed by atoms with van der Waals surface area (Å²) in [6.07, 6.45) is 6.51. The van der Waals surface area contributed by atoms with Crippen molar-refractivity contribution >= 4 is 5.91 Å². The Morgan fingerprint density at radius 3 is 2.79 bits per heavy atom. The highest BCUT2D eigenvalue weighted by Gasteiger charge is 2.29. The van der Waals surface area contributed by atoms with E-state index >= 15 is 0 Å². The van der Waals surface area contributed by atoms with Crippen LogP contribution in [-0.4, -0.2) is 53.6 Å². The largest absolute Gasteiger partial charge is 0.343 e. The van der Waals surface area contributed by atoms with Gasteiger partial charge in [0.15, 0.2) is 5.82 Å². The van der Waals surface area contributed by atoms with Gasteiger partial charge in [0.2, 0.25) is 0 Å². The fourth-order valence-electron chi connectivity index (χ4n) is 3.57. The molecule has 0 radical (unpaired) electrons. The van der Waals surface area contributed by atoms with E-state index in [-0.39, 0.29) is 17.5 Å². The zero-order valence-electron chi connectivity index (χ0n) is 15.6. The molecule has 1 fully saturated rings. The number of rotatable bonds is 4.